The second-order valence-electron chi connectivity index (χ2n) is 4.57. The van der Waals surface area contributed by atoms with Crippen molar-refractivity contribution in [1.82, 2.24) is 0 Å². The van der Waals surface area contributed by atoms with E-state index in [2.05, 4.69) is 6.92 Å². The van der Waals surface area contributed by atoms with Crippen molar-refractivity contribution < 1.29 is 19.8 Å². The van der Waals surface area contributed by atoms with Crippen LogP contribution < -0.4 is 0 Å². The molecule has 0 aromatic rings. The van der Waals surface area contributed by atoms with Crippen molar-refractivity contribution in [2.24, 2.45) is 11.8 Å². The van der Waals surface area contributed by atoms with E-state index in [-0.39, 0.29) is 5.92 Å². The molecule has 1 atom stereocenters. The van der Waals surface area contributed by atoms with Crippen LogP contribution in [0.2, 0.25) is 0 Å². The molecule has 4 nitrogen and oxygen atoms in total. The van der Waals surface area contributed by atoms with Crippen LogP contribution in [-0.2, 0) is 9.59 Å². The van der Waals surface area contributed by atoms with Gasteiger partial charge in [0, 0.05) is 5.92 Å². The Kier molecular flexibility index (Phi) is 5.19. The van der Waals surface area contributed by atoms with Gasteiger partial charge in [0.2, 0.25) is 0 Å². The van der Waals surface area contributed by atoms with Crippen LogP contribution >= 0.6 is 0 Å². The average molecular weight is 240 g/mol. The third-order valence-corrected chi connectivity index (χ3v) is 3.36. The number of hydrogen-bond acceptors (Lipinski definition) is 2. The first-order valence-electron chi connectivity index (χ1n) is 6.22. The first kappa shape index (κ1) is 13.7. The van der Waals surface area contributed by atoms with Crippen LogP contribution in [0.4, 0.5) is 0 Å². The summed E-state index contributed by atoms with van der Waals surface area (Å²) in [6.07, 6.45) is 7.57. The van der Waals surface area contributed by atoms with Crippen molar-refractivity contribution in [2.75, 3.05) is 0 Å². The molecule has 1 aliphatic carbocycles. The van der Waals surface area contributed by atoms with Gasteiger partial charge in [-0.05, 0) is 25.7 Å². The van der Waals surface area contributed by atoms with Gasteiger partial charge >= 0.3 is 11.9 Å². The molecule has 0 saturated heterocycles. The molecule has 4 heteroatoms. The first-order chi connectivity index (χ1) is 8.07. The topological polar surface area (TPSA) is 74.6 Å². The molecule has 0 unspecified atom stereocenters. The first-order valence-corrected chi connectivity index (χ1v) is 6.22. The smallest absolute Gasteiger partial charge is 0.318 e. The van der Waals surface area contributed by atoms with Crippen LogP contribution in [0.25, 0.3) is 0 Å². The van der Waals surface area contributed by atoms with E-state index in [4.69, 9.17) is 10.2 Å². The van der Waals surface area contributed by atoms with Gasteiger partial charge in [0.05, 0.1) is 0 Å². The van der Waals surface area contributed by atoms with Crippen molar-refractivity contribution in [3.8, 4) is 0 Å². The molecular weight excluding hydrogens is 220 g/mol. The molecule has 2 N–H and O–H groups in total. The summed E-state index contributed by atoms with van der Waals surface area (Å²) in [5.41, 5.74) is 1.04. The van der Waals surface area contributed by atoms with Gasteiger partial charge in [-0.25, -0.2) is 0 Å². The van der Waals surface area contributed by atoms with Gasteiger partial charge in [-0.1, -0.05) is 31.4 Å². The molecule has 0 fully saturated rings. The van der Waals surface area contributed by atoms with E-state index < -0.39 is 17.9 Å². The summed E-state index contributed by atoms with van der Waals surface area (Å²) in [5, 5.41) is 18.0. The summed E-state index contributed by atoms with van der Waals surface area (Å²) in [6, 6.07) is 0. The minimum Gasteiger partial charge on any atom is -0.481 e. The summed E-state index contributed by atoms with van der Waals surface area (Å²) >= 11 is 0. The standard InChI is InChI=1S/C13H20O4/c1-2-3-4-6-9-7-5-8-10(9)11(12(14)15)13(16)17/h7,10-11H,2-6,8H2,1H3,(H,14,15)(H,16,17)/t10-/m0/s1. The third kappa shape index (κ3) is 3.58. The highest BCUT2D eigenvalue weighted by Gasteiger charge is 2.37. The second-order valence-corrected chi connectivity index (χ2v) is 4.57. The summed E-state index contributed by atoms with van der Waals surface area (Å²) in [5.74, 6) is -4.01. The van der Waals surface area contributed by atoms with Crippen LogP contribution in [0, 0.1) is 11.8 Å². The van der Waals surface area contributed by atoms with Crippen molar-refractivity contribution in [2.45, 2.75) is 45.4 Å². The van der Waals surface area contributed by atoms with E-state index in [1.165, 1.54) is 0 Å². The zero-order valence-electron chi connectivity index (χ0n) is 10.2. The molecule has 0 aliphatic heterocycles. The summed E-state index contributed by atoms with van der Waals surface area (Å²) < 4.78 is 0. The molecule has 0 spiro atoms. The Morgan fingerprint density at radius 1 is 1.35 bits per heavy atom. The van der Waals surface area contributed by atoms with E-state index in [0.29, 0.717) is 6.42 Å². The third-order valence-electron chi connectivity index (χ3n) is 3.36. The molecule has 96 valence electrons. The highest BCUT2D eigenvalue weighted by atomic mass is 16.4. The van der Waals surface area contributed by atoms with Gasteiger partial charge in [0.25, 0.3) is 0 Å². The molecule has 1 aliphatic rings. The molecule has 0 aromatic carbocycles. The van der Waals surface area contributed by atoms with E-state index in [0.717, 1.165) is 37.7 Å². The van der Waals surface area contributed by atoms with Gasteiger partial charge < -0.3 is 10.2 Å². The maximum atomic E-state index is 11.0. The minimum absolute atomic E-state index is 0.304. The number of allylic oxidation sites excluding steroid dienone is 2. The normalized spacial score (nSPS) is 19.4. The minimum atomic E-state index is -1.27. The van der Waals surface area contributed by atoms with Gasteiger partial charge in [-0.3, -0.25) is 9.59 Å². The summed E-state index contributed by atoms with van der Waals surface area (Å²) in [6.45, 7) is 2.11. The zero-order chi connectivity index (χ0) is 12.8. The maximum Gasteiger partial charge on any atom is 0.318 e. The Labute approximate surface area is 101 Å². The van der Waals surface area contributed by atoms with Gasteiger partial charge in [0.15, 0.2) is 5.92 Å². The van der Waals surface area contributed by atoms with Crippen LogP contribution in [-0.4, -0.2) is 22.2 Å². The lowest BCUT2D eigenvalue weighted by molar-refractivity contribution is -0.156. The molecule has 17 heavy (non-hydrogen) atoms. The zero-order valence-corrected chi connectivity index (χ0v) is 10.2. The number of carbonyl (C=O) groups is 2. The van der Waals surface area contributed by atoms with E-state index in [1.807, 2.05) is 6.08 Å². The van der Waals surface area contributed by atoms with E-state index in [9.17, 15) is 9.59 Å². The van der Waals surface area contributed by atoms with Crippen LogP contribution in [0.5, 0.6) is 0 Å². The Morgan fingerprint density at radius 2 is 2.00 bits per heavy atom. The lowest BCUT2D eigenvalue weighted by atomic mass is 9.84. The fourth-order valence-corrected chi connectivity index (χ4v) is 2.48. The summed E-state index contributed by atoms with van der Waals surface area (Å²) in [7, 11) is 0. The molecule has 0 saturated carbocycles. The molecule has 0 bridgehead atoms. The average Bonchev–Trinajstić information content (AvgIpc) is 2.66. The number of carboxylic acid groups (broad SMARTS) is 2. The number of unbranched alkanes of at least 4 members (excludes halogenated alkanes) is 2. The lowest BCUT2D eigenvalue weighted by Crippen LogP contribution is -2.31. The number of rotatable bonds is 7. The quantitative estimate of drug-likeness (QED) is 0.407. The van der Waals surface area contributed by atoms with Gasteiger partial charge in [-0.15, -0.1) is 0 Å². The molecule has 0 amide bonds. The highest BCUT2D eigenvalue weighted by Crippen LogP contribution is 2.35. The predicted octanol–water partition coefficient (Wildman–Crippen LogP) is 2.69. The van der Waals surface area contributed by atoms with Crippen LogP contribution in [0.15, 0.2) is 11.6 Å². The Morgan fingerprint density at radius 3 is 2.53 bits per heavy atom. The second kappa shape index (κ2) is 6.42. The monoisotopic (exact) mass is 240 g/mol. The van der Waals surface area contributed by atoms with Crippen LogP contribution in [0.3, 0.4) is 0 Å². The van der Waals surface area contributed by atoms with Crippen LogP contribution in [0.1, 0.15) is 45.4 Å². The maximum absolute atomic E-state index is 11.0. The number of carboxylic acids is 2. The number of aliphatic carboxylic acids is 2. The fraction of sp³-hybridized carbons (Fsp3) is 0.692. The molecular formula is C13H20O4. The van der Waals surface area contributed by atoms with Crippen molar-refractivity contribution >= 4 is 11.9 Å². The summed E-state index contributed by atoms with van der Waals surface area (Å²) in [4.78, 5) is 22.0. The van der Waals surface area contributed by atoms with E-state index in [1.54, 1.807) is 0 Å². The van der Waals surface area contributed by atoms with Crippen molar-refractivity contribution in [3.63, 3.8) is 0 Å². The predicted molar refractivity (Wildman–Crippen MR) is 63.7 cm³/mol. The number of hydrogen-bond donors (Lipinski definition) is 2. The van der Waals surface area contributed by atoms with Crippen molar-refractivity contribution in [3.05, 3.63) is 11.6 Å². The molecule has 0 radical (unpaired) electrons. The fourth-order valence-electron chi connectivity index (χ4n) is 2.48. The highest BCUT2D eigenvalue weighted by molar-refractivity contribution is 5.93. The lowest BCUT2D eigenvalue weighted by Gasteiger charge is -2.19. The Hall–Kier alpha value is -1.32. The largest absolute Gasteiger partial charge is 0.481 e. The SMILES string of the molecule is CCCCCC1=CCC[C@@H]1C(C(=O)O)C(=O)O. The Balaban J connectivity index is 2.65. The molecule has 0 aromatic heterocycles. The Bertz CT molecular complexity index is 305. The van der Waals surface area contributed by atoms with Gasteiger partial charge in [-0.2, -0.15) is 0 Å². The van der Waals surface area contributed by atoms with E-state index >= 15 is 0 Å². The molecule has 0 heterocycles. The molecule has 1 rings (SSSR count). The van der Waals surface area contributed by atoms with Crippen molar-refractivity contribution in [1.29, 1.82) is 0 Å². The van der Waals surface area contributed by atoms with Gasteiger partial charge in [0.1, 0.15) is 0 Å².